The average Bonchev–Trinajstić information content (AvgIpc) is 3.52. The molecule has 4 rings (SSSR count). The standard InChI is InChI=1S/C23H21N5O3S/c1-16(20-9-6-14-31-20)24-25-21(29)15-32-23-27-26-22(17-7-4-3-5-8-17)28(23)18-10-12-19(30-2)13-11-18/h3-14H,15H2,1-2H3,(H,25,29). The zero-order valence-electron chi connectivity index (χ0n) is 17.6. The average molecular weight is 448 g/mol. The highest BCUT2D eigenvalue weighted by atomic mass is 32.2. The molecule has 1 N–H and O–H groups in total. The lowest BCUT2D eigenvalue weighted by molar-refractivity contribution is -0.118. The molecule has 32 heavy (non-hydrogen) atoms. The number of carbonyl (C=O) groups excluding carboxylic acids is 1. The Morgan fingerprint density at radius 1 is 1.09 bits per heavy atom. The van der Waals surface area contributed by atoms with Gasteiger partial charge in [-0.1, -0.05) is 42.1 Å². The first-order valence-electron chi connectivity index (χ1n) is 9.81. The number of amides is 1. The van der Waals surface area contributed by atoms with Crippen molar-refractivity contribution in [3.05, 3.63) is 78.8 Å². The molecule has 2 heterocycles. The van der Waals surface area contributed by atoms with Crippen LogP contribution in [0.5, 0.6) is 5.75 Å². The Balaban J connectivity index is 1.55. The molecule has 0 aliphatic rings. The van der Waals surface area contributed by atoms with Crippen LogP contribution in [0, 0.1) is 0 Å². The highest BCUT2D eigenvalue weighted by Crippen LogP contribution is 2.28. The molecule has 8 nitrogen and oxygen atoms in total. The molecule has 1 amide bonds. The molecule has 0 atom stereocenters. The molecule has 0 saturated heterocycles. The lowest BCUT2D eigenvalue weighted by Gasteiger charge is -2.11. The highest BCUT2D eigenvalue weighted by molar-refractivity contribution is 7.99. The first-order valence-corrected chi connectivity index (χ1v) is 10.8. The van der Waals surface area contributed by atoms with E-state index in [0.29, 0.717) is 22.5 Å². The molecule has 0 spiro atoms. The minimum atomic E-state index is -0.258. The molecular formula is C23H21N5O3S. The van der Waals surface area contributed by atoms with E-state index >= 15 is 0 Å². The van der Waals surface area contributed by atoms with Crippen molar-refractivity contribution in [2.75, 3.05) is 12.9 Å². The Labute approximate surface area is 189 Å². The lowest BCUT2D eigenvalue weighted by Crippen LogP contribution is -2.21. The zero-order chi connectivity index (χ0) is 22.3. The predicted octanol–water partition coefficient (Wildman–Crippen LogP) is 4.17. The van der Waals surface area contributed by atoms with Crippen LogP contribution in [0.25, 0.3) is 17.1 Å². The molecule has 0 saturated carbocycles. The summed E-state index contributed by atoms with van der Waals surface area (Å²) in [7, 11) is 1.62. The van der Waals surface area contributed by atoms with E-state index in [4.69, 9.17) is 9.15 Å². The van der Waals surface area contributed by atoms with E-state index in [1.165, 1.54) is 11.8 Å². The molecule has 2 aromatic carbocycles. The number of rotatable bonds is 8. The van der Waals surface area contributed by atoms with Gasteiger partial charge in [-0.25, -0.2) is 5.43 Å². The van der Waals surface area contributed by atoms with E-state index in [1.54, 1.807) is 32.4 Å². The smallest absolute Gasteiger partial charge is 0.250 e. The first-order chi connectivity index (χ1) is 15.7. The predicted molar refractivity (Wildman–Crippen MR) is 123 cm³/mol. The number of carbonyl (C=O) groups is 1. The van der Waals surface area contributed by atoms with Crippen molar-refractivity contribution in [1.82, 2.24) is 20.2 Å². The Morgan fingerprint density at radius 3 is 2.56 bits per heavy atom. The number of furan rings is 1. The molecule has 2 aromatic heterocycles. The monoisotopic (exact) mass is 447 g/mol. The van der Waals surface area contributed by atoms with Gasteiger partial charge < -0.3 is 9.15 Å². The third kappa shape index (κ3) is 4.89. The van der Waals surface area contributed by atoms with Crippen LogP contribution >= 0.6 is 11.8 Å². The largest absolute Gasteiger partial charge is 0.497 e. The number of hydrogen-bond acceptors (Lipinski definition) is 7. The fourth-order valence-electron chi connectivity index (χ4n) is 2.95. The third-order valence-electron chi connectivity index (χ3n) is 4.55. The van der Waals surface area contributed by atoms with Crippen molar-refractivity contribution in [2.45, 2.75) is 12.1 Å². The molecule has 162 valence electrons. The summed E-state index contributed by atoms with van der Waals surface area (Å²) >= 11 is 1.28. The van der Waals surface area contributed by atoms with Crippen molar-refractivity contribution in [3.8, 4) is 22.8 Å². The van der Waals surface area contributed by atoms with Crippen molar-refractivity contribution >= 4 is 23.4 Å². The number of nitrogens with one attached hydrogen (secondary N) is 1. The normalized spacial score (nSPS) is 11.4. The van der Waals surface area contributed by atoms with Crippen LogP contribution in [0.2, 0.25) is 0 Å². The maximum atomic E-state index is 12.4. The van der Waals surface area contributed by atoms with Crippen LogP contribution in [-0.4, -0.2) is 39.2 Å². The van der Waals surface area contributed by atoms with Crippen LogP contribution in [-0.2, 0) is 4.79 Å². The molecule has 0 fully saturated rings. The Morgan fingerprint density at radius 2 is 1.88 bits per heavy atom. The lowest BCUT2D eigenvalue weighted by atomic mass is 10.2. The number of methoxy groups -OCH3 is 1. The van der Waals surface area contributed by atoms with Crippen molar-refractivity contribution in [3.63, 3.8) is 0 Å². The van der Waals surface area contributed by atoms with E-state index in [-0.39, 0.29) is 11.7 Å². The summed E-state index contributed by atoms with van der Waals surface area (Å²) in [5.41, 5.74) is 4.92. The second kappa shape index (κ2) is 9.97. The molecule has 0 aliphatic heterocycles. The second-order valence-electron chi connectivity index (χ2n) is 6.70. The number of benzene rings is 2. The van der Waals surface area contributed by atoms with Crippen LogP contribution in [0.1, 0.15) is 12.7 Å². The van der Waals surface area contributed by atoms with Gasteiger partial charge >= 0.3 is 0 Å². The molecule has 0 aliphatic carbocycles. The fourth-order valence-corrected chi connectivity index (χ4v) is 3.69. The quantitative estimate of drug-likeness (QED) is 0.248. The van der Waals surface area contributed by atoms with E-state index in [9.17, 15) is 4.79 Å². The van der Waals surface area contributed by atoms with Crippen molar-refractivity contribution in [1.29, 1.82) is 0 Å². The molecule has 0 unspecified atom stereocenters. The SMILES string of the molecule is COc1ccc(-n2c(SCC(=O)NN=C(C)c3ccco3)nnc2-c2ccccc2)cc1. The van der Waals surface area contributed by atoms with Gasteiger partial charge in [0.2, 0.25) is 0 Å². The number of hydrogen-bond donors (Lipinski definition) is 1. The first kappa shape index (κ1) is 21.4. The Kier molecular flexibility index (Phi) is 6.66. The Bertz CT molecular complexity index is 1200. The van der Waals surface area contributed by atoms with Gasteiger partial charge in [0, 0.05) is 11.3 Å². The molecular weight excluding hydrogens is 426 g/mol. The van der Waals surface area contributed by atoms with E-state index in [2.05, 4.69) is 20.7 Å². The summed E-state index contributed by atoms with van der Waals surface area (Å²) in [6.07, 6.45) is 1.56. The molecule has 0 radical (unpaired) electrons. The zero-order valence-corrected chi connectivity index (χ0v) is 18.4. The maximum Gasteiger partial charge on any atom is 0.250 e. The van der Waals surface area contributed by atoms with Gasteiger partial charge in [0.1, 0.15) is 17.2 Å². The minimum Gasteiger partial charge on any atom is -0.497 e. The highest BCUT2D eigenvalue weighted by Gasteiger charge is 2.17. The summed E-state index contributed by atoms with van der Waals surface area (Å²) in [6, 6.07) is 20.9. The van der Waals surface area contributed by atoms with Crippen LogP contribution in [0.3, 0.4) is 0 Å². The van der Waals surface area contributed by atoms with Gasteiger partial charge in [0.05, 0.1) is 19.1 Å². The van der Waals surface area contributed by atoms with Crippen molar-refractivity contribution < 1.29 is 13.9 Å². The number of aromatic nitrogens is 3. The third-order valence-corrected chi connectivity index (χ3v) is 5.48. The number of thioether (sulfide) groups is 1. The topological polar surface area (TPSA) is 94.5 Å². The number of ether oxygens (including phenoxy) is 1. The molecule has 4 aromatic rings. The van der Waals surface area contributed by atoms with Gasteiger partial charge in [-0.2, -0.15) is 5.10 Å². The van der Waals surface area contributed by atoms with Gasteiger partial charge in [0.25, 0.3) is 5.91 Å². The summed E-state index contributed by atoms with van der Waals surface area (Å²) in [5.74, 6) is 1.90. The van der Waals surface area contributed by atoms with Crippen molar-refractivity contribution in [2.24, 2.45) is 5.10 Å². The van der Waals surface area contributed by atoms with Gasteiger partial charge in [-0.3, -0.25) is 9.36 Å². The Hall–Kier alpha value is -3.85. The maximum absolute atomic E-state index is 12.4. The fraction of sp³-hybridized carbons (Fsp3) is 0.130. The van der Waals surface area contributed by atoms with Crippen LogP contribution < -0.4 is 10.2 Å². The number of hydrazone groups is 1. The van der Waals surface area contributed by atoms with E-state index in [0.717, 1.165) is 17.0 Å². The van der Waals surface area contributed by atoms with Gasteiger partial charge in [-0.05, 0) is 43.3 Å². The summed E-state index contributed by atoms with van der Waals surface area (Å²) in [5, 5.41) is 13.4. The minimum absolute atomic E-state index is 0.123. The summed E-state index contributed by atoms with van der Waals surface area (Å²) in [4.78, 5) is 12.4. The van der Waals surface area contributed by atoms with Crippen LogP contribution in [0.4, 0.5) is 0 Å². The van der Waals surface area contributed by atoms with Gasteiger partial charge in [0.15, 0.2) is 11.0 Å². The summed E-state index contributed by atoms with van der Waals surface area (Å²) < 4.78 is 12.5. The van der Waals surface area contributed by atoms with E-state index < -0.39 is 0 Å². The molecule has 0 bridgehead atoms. The second-order valence-corrected chi connectivity index (χ2v) is 7.65. The van der Waals surface area contributed by atoms with E-state index in [1.807, 2.05) is 59.2 Å². The summed E-state index contributed by atoms with van der Waals surface area (Å²) in [6.45, 7) is 1.76. The van der Waals surface area contributed by atoms with Gasteiger partial charge in [-0.15, -0.1) is 10.2 Å². The van der Waals surface area contributed by atoms with Crippen LogP contribution in [0.15, 0.2) is 87.7 Å². The molecule has 9 heteroatoms. The number of nitrogens with zero attached hydrogens (tertiary/aromatic N) is 4.